The summed E-state index contributed by atoms with van der Waals surface area (Å²) in [4.78, 5) is 13.8. The molecule has 0 N–H and O–H groups in total. The Balaban J connectivity index is 0.000000186. The van der Waals surface area contributed by atoms with Gasteiger partial charge in [-0.15, -0.1) is 59.7 Å². The van der Waals surface area contributed by atoms with Gasteiger partial charge >= 0.3 is 0 Å². The van der Waals surface area contributed by atoms with Gasteiger partial charge in [-0.05, 0) is 79.2 Å². The molecule has 0 spiro atoms. The molecule has 1 fully saturated rings. The number of pyridine rings is 3. The molecule has 0 atom stereocenters. The average Bonchev–Trinajstić information content (AvgIpc) is 3.46. The molecule has 48 heavy (non-hydrogen) atoms. The molecule has 1 aliphatic carbocycles. The summed E-state index contributed by atoms with van der Waals surface area (Å²) < 4.78 is 5.86. The Morgan fingerprint density at radius 2 is 1.62 bits per heavy atom. The van der Waals surface area contributed by atoms with Crippen LogP contribution >= 0.6 is 0 Å². The van der Waals surface area contributed by atoms with Gasteiger partial charge < -0.3 is 14.4 Å². The van der Waals surface area contributed by atoms with E-state index < -0.39 is 8.07 Å². The number of nitrogens with zero attached hydrogens (tertiary/aromatic N) is 3. The molecule has 0 saturated heterocycles. The van der Waals surface area contributed by atoms with Crippen LogP contribution in [0.15, 0.2) is 83.5 Å². The molecular formula is C42H47IrN3OSi-2. The van der Waals surface area contributed by atoms with Crippen LogP contribution in [0.25, 0.3) is 44.6 Å². The van der Waals surface area contributed by atoms with E-state index in [1.165, 1.54) is 37.7 Å². The maximum atomic E-state index is 5.86. The first-order valence-corrected chi connectivity index (χ1v) is 20.9. The maximum Gasteiger partial charge on any atom is 0.216 e. The largest absolute Gasteiger partial charge is 0.486 e. The van der Waals surface area contributed by atoms with Crippen molar-refractivity contribution in [1.82, 2.24) is 15.0 Å². The quantitative estimate of drug-likeness (QED) is 0.119. The Morgan fingerprint density at radius 3 is 2.33 bits per heavy atom. The van der Waals surface area contributed by atoms with Gasteiger partial charge in [0.1, 0.15) is 0 Å². The van der Waals surface area contributed by atoms with Crippen LogP contribution in [0.5, 0.6) is 0 Å². The maximum absolute atomic E-state index is 5.86. The minimum Gasteiger partial charge on any atom is -0.486 e. The Hall–Kier alpha value is -3.44. The van der Waals surface area contributed by atoms with Crippen molar-refractivity contribution in [2.45, 2.75) is 97.2 Å². The summed E-state index contributed by atoms with van der Waals surface area (Å²) in [5.41, 5.74) is 9.52. The Bertz CT molecular complexity index is 1950. The SMILES string of the molecule is CCC(CC)c1ccnc(-c2[c-]cc3oc4nc(C)ccc4c3c2)c1.C[Si](C)(C)c1cnc(-c2[c-]cccc2)cc1C1CCCCC1.[Ir]. The third-order valence-corrected chi connectivity index (χ3v) is 11.7. The number of fused-ring (bicyclic) bond motifs is 3. The van der Waals surface area contributed by atoms with Crippen LogP contribution in [-0.4, -0.2) is 23.0 Å². The summed E-state index contributed by atoms with van der Waals surface area (Å²) in [7, 11) is -1.36. The molecule has 1 saturated carbocycles. The second kappa shape index (κ2) is 15.8. The second-order valence-corrected chi connectivity index (χ2v) is 19.1. The van der Waals surface area contributed by atoms with Crippen molar-refractivity contribution < 1.29 is 24.5 Å². The van der Waals surface area contributed by atoms with Crippen molar-refractivity contribution in [2.24, 2.45) is 0 Å². The van der Waals surface area contributed by atoms with E-state index in [4.69, 9.17) is 9.40 Å². The van der Waals surface area contributed by atoms with E-state index in [0.29, 0.717) is 11.6 Å². The first-order chi connectivity index (χ1) is 22.7. The van der Waals surface area contributed by atoms with Gasteiger partial charge in [0.2, 0.25) is 5.71 Å². The van der Waals surface area contributed by atoms with Crippen LogP contribution in [0, 0.1) is 19.1 Å². The molecule has 6 aromatic rings. The van der Waals surface area contributed by atoms with Gasteiger partial charge in [0, 0.05) is 43.6 Å². The molecule has 4 aromatic heterocycles. The van der Waals surface area contributed by atoms with Crippen molar-refractivity contribution in [3.05, 3.63) is 108 Å². The first kappa shape index (κ1) is 35.9. The van der Waals surface area contributed by atoms with E-state index in [0.717, 1.165) is 63.3 Å². The smallest absolute Gasteiger partial charge is 0.216 e. The number of benzene rings is 2. The number of furan rings is 1. The number of rotatable bonds is 7. The molecule has 1 radical (unpaired) electrons. The standard InChI is InChI=1S/C22H21N2O.C20H26NSi.Ir/c1-4-15(5-2)16-10-11-23-20(13-16)17-7-9-21-19(12-17)18-8-6-14(3)24-22(18)25-21;1-22(2,3)20-15-21-19(17-12-8-5-9-13-17)14-18(20)16-10-6-4-7-11-16;/h6,8-13,15H,4-5H2,1-3H3;5,8-9,12,14-16H,4,6-7,10-11H2,1-3H3;/q2*-1;. The van der Waals surface area contributed by atoms with Crippen LogP contribution < -0.4 is 5.19 Å². The van der Waals surface area contributed by atoms with Gasteiger partial charge in [-0.1, -0.05) is 81.4 Å². The summed E-state index contributed by atoms with van der Waals surface area (Å²) in [6.07, 6.45) is 13.2. The molecule has 6 heteroatoms. The van der Waals surface area contributed by atoms with Crippen LogP contribution in [0.4, 0.5) is 0 Å². The van der Waals surface area contributed by atoms with E-state index in [-0.39, 0.29) is 20.1 Å². The van der Waals surface area contributed by atoms with E-state index in [2.05, 4.69) is 104 Å². The van der Waals surface area contributed by atoms with Crippen molar-refractivity contribution >= 4 is 35.3 Å². The van der Waals surface area contributed by atoms with Gasteiger partial charge in [0.15, 0.2) is 0 Å². The number of hydrogen-bond donors (Lipinski definition) is 0. The molecule has 251 valence electrons. The van der Waals surface area contributed by atoms with E-state index in [1.807, 2.05) is 37.4 Å². The van der Waals surface area contributed by atoms with Gasteiger partial charge in [-0.2, -0.15) is 0 Å². The van der Waals surface area contributed by atoms with E-state index in [1.54, 1.807) is 10.8 Å². The molecule has 0 aliphatic heterocycles. The monoisotopic (exact) mass is 830 g/mol. The number of aromatic nitrogens is 3. The molecule has 1 aliphatic rings. The molecule has 0 bridgehead atoms. The number of hydrogen-bond acceptors (Lipinski definition) is 4. The van der Waals surface area contributed by atoms with E-state index >= 15 is 0 Å². The van der Waals surface area contributed by atoms with Crippen LogP contribution in [0.1, 0.15) is 87.4 Å². The minimum absolute atomic E-state index is 0. The predicted molar refractivity (Wildman–Crippen MR) is 199 cm³/mol. The van der Waals surface area contributed by atoms with Crippen LogP contribution in [0.2, 0.25) is 19.6 Å². The van der Waals surface area contributed by atoms with E-state index in [9.17, 15) is 0 Å². The third kappa shape index (κ3) is 8.05. The zero-order valence-electron chi connectivity index (χ0n) is 29.2. The topological polar surface area (TPSA) is 51.8 Å². The predicted octanol–water partition coefficient (Wildman–Crippen LogP) is 11.2. The van der Waals surface area contributed by atoms with Crippen molar-refractivity contribution in [3.63, 3.8) is 0 Å². The Morgan fingerprint density at radius 1 is 0.854 bits per heavy atom. The normalized spacial score (nSPS) is 13.7. The fraction of sp³-hybridized carbons (Fsp3) is 0.357. The Kier molecular flexibility index (Phi) is 11.8. The molecule has 2 aromatic carbocycles. The summed E-state index contributed by atoms with van der Waals surface area (Å²) >= 11 is 0. The first-order valence-electron chi connectivity index (χ1n) is 17.4. The molecular weight excluding hydrogens is 783 g/mol. The van der Waals surface area contributed by atoms with Crippen molar-refractivity contribution in [1.29, 1.82) is 0 Å². The number of aryl methyl sites for hydroxylation is 1. The van der Waals surface area contributed by atoms with Crippen molar-refractivity contribution in [3.8, 4) is 22.5 Å². The third-order valence-electron chi connectivity index (χ3n) is 9.70. The summed E-state index contributed by atoms with van der Waals surface area (Å²) in [6, 6.07) is 29.6. The zero-order valence-corrected chi connectivity index (χ0v) is 32.6. The molecule has 4 nitrogen and oxygen atoms in total. The second-order valence-electron chi connectivity index (χ2n) is 14.0. The molecule has 7 rings (SSSR count). The average molecular weight is 830 g/mol. The summed E-state index contributed by atoms with van der Waals surface area (Å²) in [5.74, 6) is 1.31. The van der Waals surface area contributed by atoms with Gasteiger partial charge in [-0.3, -0.25) is 0 Å². The van der Waals surface area contributed by atoms with Crippen LogP contribution in [0.3, 0.4) is 0 Å². The van der Waals surface area contributed by atoms with Crippen molar-refractivity contribution in [2.75, 3.05) is 0 Å². The fourth-order valence-corrected chi connectivity index (χ4v) is 8.59. The molecule has 0 amide bonds. The van der Waals surface area contributed by atoms with Crippen LogP contribution in [-0.2, 0) is 20.1 Å². The summed E-state index contributed by atoms with van der Waals surface area (Å²) in [6.45, 7) is 13.7. The molecule has 0 unspecified atom stereocenters. The van der Waals surface area contributed by atoms with Gasteiger partial charge in [0.05, 0.1) is 13.7 Å². The van der Waals surface area contributed by atoms with Gasteiger partial charge in [0.25, 0.3) is 0 Å². The van der Waals surface area contributed by atoms with Gasteiger partial charge in [-0.25, -0.2) is 4.98 Å². The zero-order chi connectivity index (χ0) is 33.0. The summed E-state index contributed by atoms with van der Waals surface area (Å²) in [5, 5.41) is 3.65. The minimum atomic E-state index is -1.36. The fourth-order valence-electron chi connectivity index (χ4n) is 7.00. The molecule has 4 heterocycles. The Labute approximate surface area is 301 Å².